The number of hydrogen-bond donors (Lipinski definition) is 2. The Morgan fingerprint density at radius 1 is 1.09 bits per heavy atom. The summed E-state index contributed by atoms with van der Waals surface area (Å²) < 4.78 is 5.38. The van der Waals surface area contributed by atoms with Gasteiger partial charge in [-0.3, -0.25) is 4.79 Å². The van der Waals surface area contributed by atoms with Crippen LogP contribution in [-0.2, 0) is 4.79 Å². The van der Waals surface area contributed by atoms with E-state index in [4.69, 9.17) is 16.3 Å². The number of carbonyl (C=O) groups is 1. The molecule has 1 saturated carbocycles. The van der Waals surface area contributed by atoms with E-state index in [9.17, 15) is 4.79 Å². The molecule has 8 heteroatoms. The average molecular weight is 460 g/mol. The maximum atomic E-state index is 12.9. The summed E-state index contributed by atoms with van der Waals surface area (Å²) in [5.41, 5.74) is 5.55. The number of hydrogen-bond acceptors (Lipinski definition) is 5. The first-order chi connectivity index (χ1) is 16.0. The number of amides is 1. The molecule has 1 aromatic heterocycles. The first kappa shape index (κ1) is 21.2. The molecule has 5 rings (SSSR count). The lowest BCUT2D eigenvalue weighted by Crippen LogP contribution is -2.14. The number of carbonyl (C=O) groups excluding carboxylic acids is 1. The summed E-state index contributed by atoms with van der Waals surface area (Å²) in [5, 5.41) is 18.3. The van der Waals surface area contributed by atoms with Crippen molar-refractivity contribution in [1.29, 1.82) is 0 Å². The molecular weight excluding hydrogens is 438 g/mol. The van der Waals surface area contributed by atoms with E-state index in [0.717, 1.165) is 40.0 Å². The van der Waals surface area contributed by atoms with E-state index in [0.29, 0.717) is 16.5 Å². The zero-order valence-corrected chi connectivity index (χ0v) is 18.9. The van der Waals surface area contributed by atoms with Crippen LogP contribution in [0.25, 0.3) is 22.5 Å². The second-order valence-electron chi connectivity index (χ2n) is 8.17. The van der Waals surface area contributed by atoms with Crippen LogP contribution in [0.2, 0.25) is 5.02 Å². The van der Waals surface area contributed by atoms with Gasteiger partial charge in [-0.1, -0.05) is 35.9 Å². The zero-order valence-electron chi connectivity index (χ0n) is 18.2. The van der Waals surface area contributed by atoms with Gasteiger partial charge in [0.15, 0.2) is 0 Å². The summed E-state index contributed by atoms with van der Waals surface area (Å²) >= 11 is 5.98. The first-order valence-corrected chi connectivity index (χ1v) is 11.0. The van der Waals surface area contributed by atoms with Crippen LogP contribution in [0, 0.1) is 12.8 Å². The van der Waals surface area contributed by atoms with Crippen LogP contribution in [0.4, 0.5) is 5.69 Å². The molecule has 3 aromatic carbocycles. The summed E-state index contributed by atoms with van der Waals surface area (Å²) in [6.45, 7) is 2.00. The monoisotopic (exact) mass is 459 g/mol. The maximum Gasteiger partial charge on any atom is 0.228 e. The first-order valence-electron chi connectivity index (χ1n) is 10.6. The molecule has 0 spiro atoms. The van der Waals surface area contributed by atoms with Gasteiger partial charge in [0.2, 0.25) is 11.7 Å². The summed E-state index contributed by atoms with van der Waals surface area (Å²) in [6, 6.07) is 19.4. The number of methoxy groups -OCH3 is 1. The minimum atomic E-state index is -0.0521. The number of aryl methyl sites for hydroxylation is 1. The lowest BCUT2D eigenvalue weighted by atomic mass is 9.97. The summed E-state index contributed by atoms with van der Waals surface area (Å²) in [6.07, 6.45) is 0.828. The molecule has 2 atom stereocenters. The third-order valence-electron chi connectivity index (χ3n) is 6.00. The van der Waals surface area contributed by atoms with Gasteiger partial charge in [0, 0.05) is 22.2 Å². The molecule has 1 aliphatic rings. The molecule has 2 N–H and O–H groups in total. The lowest BCUT2D eigenvalue weighted by molar-refractivity contribution is -0.117. The third-order valence-corrected chi connectivity index (χ3v) is 6.26. The van der Waals surface area contributed by atoms with Crippen molar-refractivity contribution in [3.05, 3.63) is 76.8 Å². The molecule has 0 saturated heterocycles. The summed E-state index contributed by atoms with van der Waals surface area (Å²) in [4.78, 5) is 12.9. The van der Waals surface area contributed by atoms with Gasteiger partial charge in [-0.05, 0) is 83.1 Å². The Bertz CT molecular complexity index is 1310. The molecule has 1 amide bonds. The van der Waals surface area contributed by atoms with Crippen LogP contribution in [0.5, 0.6) is 5.75 Å². The Morgan fingerprint density at radius 2 is 1.91 bits per heavy atom. The van der Waals surface area contributed by atoms with Crippen LogP contribution in [0.15, 0.2) is 60.7 Å². The predicted molar refractivity (Wildman–Crippen MR) is 127 cm³/mol. The number of aromatic nitrogens is 4. The van der Waals surface area contributed by atoms with E-state index in [-0.39, 0.29) is 17.7 Å². The van der Waals surface area contributed by atoms with Crippen molar-refractivity contribution in [3.8, 4) is 28.3 Å². The molecule has 166 valence electrons. The fourth-order valence-electron chi connectivity index (χ4n) is 4.18. The molecule has 33 heavy (non-hydrogen) atoms. The number of nitrogens with one attached hydrogen (secondary N) is 2. The van der Waals surface area contributed by atoms with Crippen molar-refractivity contribution in [1.82, 2.24) is 20.6 Å². The van der Waals surface area contributed by atoms with Crippen molar-refractivity contribution in [2.24, 2.45) is 5.92 Å². The molecule has 1 aliphatic carbocycles. The number of aromatic amines is 1. The predicted octanol–water partition coefficient (Wildman–Crippen LogP) is 5.25. The van der Waals surface area contributed by atoms with E-state index in [1.807, 2.05) is 61.5 Å². The van der Waals surface area contributed by atoms with Crippen molar-refractivity contribution >= 4 is 23.2 Å². The summed E-state index contributed by atoms with van der Waals surface area (Å²) in [5.74, 6) is 1.45. The fourth-order valence-corrected chi connectivity index (χ4v) is 4.30. The molecule has 0 aliphatic heterocycles. The van der Waals surface area contributed by atoms with Gasteiger partial charge in [-0.2, -0.15) is 5.21 Å². The topological polar surface area (TPSA) is 92.8 Å². The van der Waals surface area contributed by atoms with Crippen LogP contribution >= 0.6 is 11.6 Å². The number of nitrogens with zero attached hydrogens (tertiary/aromatic N) is 3. The van der Waals surface area contributed by atoms with Crippen molar-refractivity contribution < 1.29 is 9.53 Å². The molecule has 1 fully saturated rings. The van der Waals surface area contributed by atoms with Crippen LogP contribution < -0.4 is 10.1 Å². The lowest BCUT2D eigenvalue weighted by Gasteiger charge is -2.13. The maximum absolute atomic E-state index is 12.9. The van der Waals surface area contributed by atoms with Crippen molar-refractivity contribution in [3.63, 3.8) is 0 Å². The Balaban J connectivity index is 1.40. The quantitative estimate of drug-likeness (QED) is 0.411. The number of rotatable bonds is 6. The van der Waals surface area contributed by atoms with Gasteiger partial charge in [-0.15, -0.1) is 10.2 Å². The van der Waals surface area contributed by atoms with Gasteiger partial charge in [0.1, 0.15) is 5.75 Å². The SMILES string of the molecule is COc1ccc(-c2ccc(NC(=O)C3CC3c3ccc(Cl)cc3)cc2-c2nn[nH]n2)cc1C. The second-order valence-corrected chi connectivity index (χ2v) is 8.61. The number of benzene rings is 3. The van der Waals surface area contributed by atoms with E-state index >= 15 is 0 Å². The minimum absolute atomic E-state index is 0.00190. The van der Waals surface area contributed by atoms with Crippen molar-refractivity contribution in [2.45, 2.75) is 19.3 Å². The largest absolute Gasteiger partial charge is 0.496 e. The number of halogens is 1. The normalized spacial score (nSPS) is 16.9. The Hall–Kier alpha value is -3.71. The zero-order chi connectivity index (χ0) is 22.9. The molecule has 7 nitrogen and oxygen atoms in total. The van der Waals surface area contributed by atoms with Gasteiger partial charge in [0.05, 0.1) is 7.11 Å². The third kappa shape index (κ3) is 4.32. The molecular formula is C25H22ClN5O2. The Labute approximate surface area is 196 Å². The number of anilines is 1. The van der Waals surface area contributed by atoms with E-state index in [1.54, 1.807) is 7.11 Å². The van der Waals surface area contributed by atoms with Gasteiger partial charge in [-0.25, -0.2) is 0 Å². The average Bonchev–Trinajstić information content (AvgIpc) is 3.44. The highest BCUT2D eigenvalue weighted by Gasteiger charge is 2.43. The van der Waals surface area contributed by atoms with Crippen molar-refractivity contribution in [2.75, 3.05) is 12.4 Å². The van der Waals surface area contributed by atoms with E-state index in [1.165, 1.54) is 0 Å². The highest BCUT2D eigenvalue weighted by atomic mass is 35.5. The fraction of sp³-hybridized carbons (Fsp3) is 0.200. The minimum Gasteiger partial charge on any atom is -0.496 e. The highest BCUT2D eigenvalue weighted by Crippen LogP contribution is 2.48. The second kappa shape index (κ2) is 8.67. The number of ether oxygens (including phenoxy) is 1. The van der Waals surface area contributed by atoms with Crippen LogP contribution in [-0.4, -0.2) is 33.6 Å². The Kier molecular flexibility index (Phi) is 5.56. The standard InChI is InChI=1S/C25H22ClN5O2/c1-14-11-16(5-10-23(14)33-2)19-9-8-18(12-21(19)24-28-30-31-29-24)27-25(32)22-13-20(22)15-3-6-17(26)7-4-15/h3-12,20,22H,13H2,1-2H3,(H,27,32)(H,28,29,30,31). The van der Waals surface area contributed by atoms with Gasteiger partial charge in [0.25, 0.3) is 0 Å². The number of tetrazole rings is 1. The summed E-state index contributed by atoms with van der Waals surface area (Å²) in [7, 11) is 1.65. The van der Waals surface area contributed by atoms with E-state index < -0.39 is 0 Å². The molecule has 0 bridgehead atoms. The molecule has 4 aromatic rings. The Morgan fingerprint density at radius 3 is 2.61 bits per heavy atom. The molecule has 0 radical (unpaired) electrons. The highest BCUT2D eigenvalue weighted by molar-refractivity contribution is 6.30. The van der Waals surface area contributed by atoms with Crippen LogP contribution in [0.1, 0.15) is 23.5 Å². The van der Waals surface area contributed by atoms with Crippen LogP contribution in [0.3, 0.4) is 0 Å². The molecule has 1 heterocycles. The number of H-pyrrole nitrogens is 1. The smallest absolute Gasteiger partial charge is 0.228 e. The van der Waals surface area contributed by atoms with E-state index in [2.05, 4.69) is 32.0 Å². The van der Waals surface area contributed by atoms with Gasteiger partial charge < -0.3 is 10.1 Å². The molecule has 2 unspecified atom stereocenters. The van der Waals surface area contributed by atoms with Gasteiger partial charge >= 0.3 is 0 Å².